The first-order valence-corrected chi connectivity index (χ1v) is 8.61. The molecule has 0 aliphatic heterocycles. The van der Waals surface area contributed by atoms with Crippen molar-refractivity contribution < 1.29 is 8.42 Å². The lowest BCUT2D eigenvalue weighted by molar-refractivity contribution is 0.581. The van der Waals surface area contributed by atoms with E-state index in [2.05, 4.69) is 4.72 Å². The lowest BCUT2D eigenvalue weighted by Crippen LogP contribution is -2.24. The van der Waals surface area contributed by atoms with Crippen LogP contribution in [-0.2, 0) is 16.6 Å². The molecule has 0 heterocycles. The van der Waals surface area contributed by atoms with Gasteiger partial charge in [-0.25, -0.2) is 13.1 Å². The topological polar surface area (TPSA) is 46.2 Å². The highest BCUT2D eigenvalue weighted by molar-refractivity contribution is 7.89. The Morgan fingerprint density at radius 2 is 1.62 bits per heavy atom. The van der Waals surface area contributed by atoms with Gasteiger partial charge in [-0.2, -0.15) is 0 Å². The molecule has 1 N–H and O–H groups in total. The number of sulfonamides is 1. The fourth-order valence-corrected chi connectivity index (χ4v) is 3.73. The molecule has 0 bridgehead atoms. The van der Waals surface area contributed by atoms with Gasteiger partial charge in [-0.05, 0) is 48.4 Å². The third-order valence-electron chi connectivity index (χ3n) is 2.95. The van der Waals surface area contributed by atoms with Crippen molar-refractivity contribution >= 4 is 44.8 Å². The van der Waals surface area contributed by atoms with Gasteiger partial charge >= 0.3 is 0 Å². The molecule has 0 aliphatic rings. The zero-order valence-corrected chi connectivity index (χ0v) is 14.1. The summed E-state index contributed by atoms with van der Waals surface area (Å²) in [7, 11) is -3.75. The molecule has 21 heavy (non-hydrogen) atoms. The lowest BCUT2D eigenvalue weighted by atomic mass is 10.1. The second kappa shape index (κ2) is 6.55. The zero-order valence-electron chi connectivity index (χ0n) is 11.0. The highest BCUT2D eigenvalue weighted by Crippen LogP contribution is 2.25. The van der Waals surface area contributed by atoms with E-state index in [1.807, 2.05) is 13.0 Å². The number of halogens is 3. The van der Waals surface area contributed by atoms with Crippen molar-refractivity contribution in [3.63, 3.8) is 0 Å². The van der Waals surface area contributed by atoms with Crippen molar-refractivity contribution in [2.24, 2.45) is 0 Å². The molecular weight excluding hydrogens is 353 g/mol. The molecule has 0 amide bonds. The van der Waals surface area contributed by atoms with E-state index in [1.54, 1.807) is 12.1 Å². The molecule has 0 aromatic heterocycles. The Hall–Kier alpha value is -0.780. The van der Waals surface area contributed by atoms with Crippen LogP contribution in [0.25, 0.3) is 0 Å². The van der Waals surface area contributed by atoms with Crippen molar-refractivity contribution in [3.8, 4) is 0 Å². The first-order chi connectivity index (χ1) is 9.79. The molecule has 7 heteroatoms. The average Bonchev–Trinajstić information content (AvgIpc) is 2.42. The second-order valence-electron chi connectivity index (χ2n) is 4.47. The van der Waals surface area contributed by atoms with Crippen molar-refractivity contribution in [2.75, 3.05) is 0 Å². The Morgan fingerprint density at radius 3 is 2.33 bits per heavy atom. The van der Waals surface area contributed by atoms with E-state index in [0.717, 1.165) is 11.1 Å². The van der Waals surface area contributed by atoms with Crippen LogP contribution in [0, 0.1) is 6.92 Å². The summed E-state index contributed by atoms with van der Waals surface area (Å²) in [6.07, 6.45) is 0. The summed E-state index contributed by atoms with van der Waals surface area (Å²) in [5.74, 6) is 0. The summed E-state index contributed by atoms with van der Waals surface area (Å²) in [6, 6.07) is 9.60. The quantitative estimate of drug-likeness (QED) is 0.872. The molecule has 0 saturated heterocycles. The van der Waals surface area contributed by atoms with Gasteiger partial charge in [0.1, 0.15) is 4.90 Å². The van der Waals surface area contributed by atoms with E-state index in [0.29, 0.717) is 10.0 Å². The third-order valence-corrected chi connectivity index (χ3v) is 5.30. The van der Waals surface area contributed by atoms with Gasteiger partial charge < -0.3 is 0 Å². The van der Waals surface area contributed by atoms with Crippen LogP contribution in [0.5, 0.6) is 0 Å². The maximum atomic E-state index is 12.3. The lowest BCUT2D eigenvalue weighted by Gasteiger charge is -2.10. The molecule has 0 atom stereocenters. The van der Waals surface area contributed by atoms with Gasteiger partial charge in [0, 0.05) is 16.6 Å². The largest absolute Gasteiger partial charge is 0.242 e. The second-order valence-corrected chi connectivity index (χ2v) is 7.49. The Kier molecular flexibility index (Phi) is 5.17. The number of rotatable bonds is 4. The third kappa shape index (κ3) is 4.11. The average molecular weight is 365 g/mol. The van der Waals surface area contributed by atoms with Crippen LogP contribution in [0.15, 0.2) is 41.3 Å². The number of aryl methyl sites for hydroxylation is 1. The number of hydrogen-bond acceptors (Lipinski definition) is 2. The number of benzene rings is 2. The molecule has 2 rings (SSSR count). The monoisotopic (exact) mass is 363 g/mol. The van der Waals surface area contributed by atoms with E-state index >= 15 is 0 Å². The number of nitrogens with one attached hydrogen (secondary N) is 1. The van der Waals surface area contributed by atoms with Gasteiger partial charge in [0.25, 0.3) is 0 Å². The van der Waals surface area contributed by atoms with E-state index < -0.39 is 10.0 Å². The Labute approximate surface area is 138 Å². The molecule has 0 radical (unpaired) electrons. The molecule has 0 saturated carbocycles. The van der Waals surface area contributed by atoms with Crippen LogP contribution in [0.3, 0.4) is 0 Å². The van der Waals surface area contributed by atoms with Crippen molar-refractivity contribution in [2.45, 2.75) is 18.4 Å². The molecule has 3 nitrogen and oxygen atoms in total. The van der Waals surface area contributed by atoms with Crippen LogP contribution in [0.2, 0.25) is 15.1 Å². The van der Waals surface area contributed by atoms with Crippen LogP contribution in [-0.4, -0.2) is 8.42 Å². The van der Waals surface area contributed by atoms with Crippen molar-refractivity contribution in [3.05, 3.63) is 62.6 Å². The van der Waals surface area contributed by atoms with Crippen LogP contribution >= 0.6 is 34.8 Å². The molecule has 0 unspecified atom stereocenters. The smallest absolute Gasteiger partial charge is 0.207 e. The van der Waals surface area contributed by atoms with E-state index in [4.69, 9.17) is 34.8 Å². The summed E-state index contributed by atoms with van der Waals surface area (Å²) in [5, 5.41) is 0.976. The molecule has 2 aromatic rings. The van der Waals surface area contributed by atoms with E-state index in [9.17, 15) is 8.42 Å². The maximum absolute atomic E-state index is 12.3. The molecule has 2 aromatic carbocycles. The Balaban J connectivity index is 2.26. The van der Waals surface area contributed by atoms with Gasteiger partial charge in [0.15, 0.2) is 0 Å². The zero-order chi connectivity index (χ0) is 15.6. The molecule has 112 valence electrons. The van der Waals surface area contributed by atoms with Crippen LogP contribution in [0.1, 0.15) is 11.1 Å². The van der Waals surface area contributed by atoms with Gasteiger partial charge in [-0.1, -0.05) is 40.9 Å². The van der Waals surface area contributed by atoms with E-state index in [-0.39, 0.29) is 16.5 Å². The van der Waals surface area contributed by atoms with Gasteiger partial charge in [0.05, 0.1) is 5.02 Å². The van der Waals surface area contributed by atoms with Gasteiger partial charge in [-0.3, -0.25) is 0 Å². The summed E-state index contributed by atoms with van der Waals surface area (Å²) < 4.78 is 27.1. The predicted molar refractivity (Wildman–Crippen MR) is 86.7 cm³/mol. The summed E-state index contributed by atoms with van der Waals surface area (Å²) in [4.78, 5) is -0.0450. The highest BCUT2D eigenvalue weighted by atomic mass is 35.5. The summed E-state index contributed by atoms with van der Waals surface area (Å²) in [6.45, 7) is 2.00. The van der Waals surface area contributed by atoms with Crippen LogP contribution < -0.4 is 4.72 Å². The van der Waals surface area contributed by atoms with Gasteiger partial charge in [0.2, 0.25) is 10.0 Å². The summed E-state index contributed by atoms with van der Waals surface area (Å²) in [5.41, 5.74) is 1.74. The molecule has 0 spiro atoms. The number of hydrogen-bond donors (Lipinski definition) is 1. The normalized spacial score (nSPS) is 11.6. The minimum Gasteiger partial charge on any atom is -0.207 e. The SMILES string of the molecule is Cc1ccc(Cl)cc1CNS(=O)(=O)c1cc(Cl)ccc1Cl. The minimum atomic E-state index is -3.75. The van der Waals surface area contributed by atoms with Crippen LogP contribution in [0.4, 0.5) is 0 Å². The predicted octanol–water partition coefficient (Wildman–Crippen LogP) is 4.43. The Morgan fingerprint density at radius 1 is 1.00 bits per heavy atom. The minimum absolute atomic E-state index is 0.0450. The standard InChI is InChI=1S/C14H12Cl3NO2S/c1-9-2-3-11(15)6-10(9)8-18-21(19,20)14-7-12(16)4-5-13(14)17/h2-7,18H,8H2,1H3. The molecular formula is C14H12Cl3NO2S. The molecule has 0 aliphatic carbocycles. The first-order valence-electron chi connectivity index (χ1n) is 5.99. The van der Waals surface area contributed by atoms with Gasteiger partial charge in [-0.15, -0.1) is 0 Å². The fraction of sp³-hybridized carbons (Fsp3) is 0.143. The first kappa shape index (κ1) is 16.6. The van der Waals surface area contributed by atoms with Crippen molar-refractivity contribution in [1.29, 1.82) is 0 Å². The Bertz CT molecular complexity index is 776. The fourth-order valence-electron chi connectivity index (χ4n) is 1.76. The maximum Gasteiger partial charge on any atom is 0.242 e. The summed E-state index contributed by atoms with van der Waals surface area (Å²) >= 11 is 17.7. The van der Waals surface area contributed by atoms with E-state index in [1.165, 1.54) is 18.2 Å². The highest BCUT2D eigenvalue weighted by Gasteiger charge is 2.18. The molecule has 0 fully saturated rings. The van der Waals surface area contributed by atoms with Crippen molar-refractivity contribution in [1.82, 2.24) is 4.72 Å².